The molecular formula is C14H14N4O4. The molecular weight excluding hydrogens is 288 g/mol. The molecule has 2 aromatic carbocycles. The highest BCUT2D eigenvalue weighted by atomic mass is 17.2. The van der Waals surface area contributed by atoms with E-state index >= 15 is 0 Å². The molecule has 0 saturated heterocycles. The van der Waals surface area contributed by atoms with Crippen molar-refractivity contribution in [2.75, 3.05) is 5.48 Å². The van der Waals surface area contributed by atoms with Gasteiger partial charge in [-0.05, 0) is 30.3 Å². The van der Waals surface area contributed by atoms with E-state index in [1.807, 2.05) is 0 Å². The van der Waals surface area contributed by atoms with E-state index in [1.54, 1.807) is 30.3 Å². The summed E-state index contributed by atoms with van der Waals surface area (Å²) in [4.78, 5) is 21.5. The van der Waals surface area contributed by atoms with Crippen LogP contribution in [0.15, 0.2) is 42.5 Å². The lowest BCUT2D eigenvalue weighted by molar-refractivity contribution is -0.384. The van der Waals surface area contributed by atoms with Gasteiger partial charge in [0, 0.05) is 17.7 Å². The number of imidazole rings is 1. The molecule has 0 spiro atoms. The molecule has 22 heavy (non-hydrogen) atoms. The van der Waals surface area contributed by atoms with Crippen LogP contribution in [0.25, 0.3) is 22.4 Å². The minimum atomic E-state index is -0.449. The molecule has 8 nitrogen and oxygen atoms in total. The Morgan fingerprint density at radius 2 is 1.95 bits per heavy atom. The van der Waals surface area contributed by atoms with Crippen LogP contribution in [0.2, 0.25) is 0 Å². The zero-order valence-electron chi connectivity index (χ0n) is 10.6. The van der Waals surface area contributed by atoms with E-state index in [9.17, 15) is 10.1 Å². The Hall–Kier alpha value is -2.97. The largest absolute Gasteiger partial charge is 0.338 e. The number of nitro groups is 1. The van der Waals surface area contributed by atoms with Crippen LogP contribution in [0.4, 0.5) is 11.4 Å². The number of aromatic nitrogens is 2. The van der Waals surface area contributed by atoms with Gasteiger partial charge in [0.25, 0.3) is 5.69 Å². The van der Waals surface area contributed by atoms with Crippen molar-refractivity contribution in [2.24, 2.45) is 0 Å². The standard InChI is InChI=1S/C13H10N4O4.CH4/c18-17(19)10-4-1-8(2-5-10)13-14-11-6-3-9(16-21-20)7-12(11)15-13;/h1-7,16,20H,(H,14,15);1H4. The predicted octanol–water partition coefficient (Wildman–Crippen LogP) is 3.59. The highest BCUT2D eigenvalue weighted by molar-refractivity contribution is 5.82. The lowest BCUT2D eigenvalue weighted by atomic mass is 10.2. The summed E-state index contributed by atoms with van der Waals surface area (Å²) in [6, 6.07) is 11.3. The summed E-state index contributed by atoms with van der Waals surface area (Å²) in [6.45, 7) is 0. The maximum Gasteiger partial charge on any atom is 0.269 e. The van der Waals surface area contributed by atoms with E-state index in [2.05, 4.69) is 20.4 Å². The lowest BCUT2D eigenvalue weighted by Crippen LogP contribution is -1.95. The number of H-pyrrole nitrogens is 1. The normalized spacial score (nSPS) is 10.2. The second kappa shape index (κ2) is 6.20. The Labute approximate surface area is 125 Å². The van der Waals surface area contributed by atoms with Crippen LogP contribution in [-0.2, 0) is 4.99 Å². The first-order chi connectivity index (χ1) is 10.2. The smallest absolute Gasteiger partial charge is 0.269 e. The molecule has 3 aromatic rings. The third-order valence-electron chi connectivity index (χ3n) is 3.00. The molecule has 0 unspecified atom stereocenters. The van der Waals surface area contributed by atoms with E-state index in [1.165, 1.54) is 12.1 Å². The van der Waals surface area contributed by atoms with Crippen LogP contribution < -0.4 is 5.48 Å². The Kier molecular flexibility index (Phi) is 4.35. The number of anilines is 1. The Bertz CT molecular complexity index is 798. The van der Waals surface area contributed by atoms with Crippen molar-refractivity contribution >= 4 is 22.4 Å². The first kappa shape index (κ1) is 15.4. The number of nitrogens with one attached hydrogen (secondary N) is 2. The summed E-state index contributed by atoms with van der Waals surface area (Å²) in [7, 11) is 0. The number of hydrogen-bond acceptors (Lipinski definition) is 6. The molecule has 114 valence electrons. The number of hydrogen-bond donors (Lipinski definition) is 3. The van der Waals surface area contributed by atoms with Crippen LogP contribution >= 0.6 is 0 Å². The first-order valence-electron chi connectivity index (χ1n) is 5.98. The van der Waals surface area contributed by atoms with Crippen LogP contribution in [0.5, 0.6) is 0 Å². The van der Waals surface area contributed by atoms with Gasteiger partial charge in [0.1, 0.15) is 5.82 Å². The van der Waals surface area contributed by atoms with E-state index in [0.717, 1.165) is 16.6 Å². The Morgan fingerprint density at radius 1 is 1.23 bits per heavy atom. The highest BCUT2D eigenvalue weighted by Crippen LogP contribution is 2.24. The molecule has 0 aliphatic carbocycles. The van der Waals surface area contributed by atoms with E-state index in [4.69, 9.17) is 5.26 Å². The molecule has 0 fully saturated rings. The van der Waals surface area contributed by atoms with Crippen molar-refractivity contribution in [2.45, 2.75) is 7.43 Å². The fourth-order valence-corrected chi connectivity index (χ4v) is 2.00. The topological polar surface area (TPSA) is 113 Å². The van der Waals surface area contributed by atoms with Crippen molar-refractivity contribution < 1.29 is 15.2 Å². The fourth-order valence-electron chi connectivity index (χ4n) is 2.00. The van der Waals surface area contributed by atoms with Crippen molar-refractivity contribution in [1.29, 1.82) is 0 Å². The van der Waals surface area contributed by atoms with Crippen LogP contribution in [0.1, 0.15) is 7.43 Å². The van der Waals surface area contributed by atoms with Gasteiger partial charge >= 0.3 is 0 Å². The zero-order chi connectivity index (χ0) is 14.8. The molecule has 0 aliphatic rings. The van der Waals surface area contributed by atoms with Crippen molar-refractivity contribution in [3.63, 3.8) is 0 Å². The lowest BCUT2D eigenvalue weighted by Gasteiger charge is -1.99. The third-order valence-corrected chi connectivity index (χ3v) is 3.00. The molecule has 3 N–H and O–H groups in total. The molecule has 0 bridgehead atoms. The summed E-state index contributed by atoms with van der Waals surface area (Å²) in [6.07, 6.45) is 0. The second-order valence-corrected chi connectivity index (χ2v) is 4.31. The number of non-ortho nitro benzene ring substituents is 1. The number of aromatic amines is 1. The third kappa shape index (κ3) is 2.87. The molecule has 3 rings (SSSR count). The monoisotopic (exact) mass is 302 g/mol. The fraction of sp³-hybridized carbons (Fsp3) is 0.0714. The summed E-state index contributed by atoms with van der Waals surface area (Å²) in [5.74, 6) is 0.599. The van der Waals surface area contributed by atoms with Crippen LogP contribution in [0, 0.1) is 10.1 Å². The number of nitro benzene ring substituents is 1. The SMILES string of the molecule is C.O=[N+]([O-])c1ccc(-c2nc3ccc(NOO)cc3[nH]2)cc1. The summed E-state index contributed by atoms with van der Waals surface area (Å²) in [5, 5.41) is 19.0. The molecule has 0 amide bonds. The molecule has 0 aliphatic heterocycles. The van der Waals surface area contributed by atoms with Crippen LogP contribution in [-0.4, -0.2) is 20.1 Å². The molecule has 0 radical (unpaired) electrons. The Morgan fingerprint density at radius 3 is 2.59 bits per heavy atom. The Balaban J connectivity index is 0.00000176. The van der Waals surface area contributed by atoms with Gasteiger partial charge in [-0.2, -0.15) is 0 Å². The van der Waals surface area contributed by atoms with E-state index in [0.29, 0.717) is 11.5 Å². The van der Waals surface area contributed by atoms with Gasteiger partial charge in [0.05, 0.1) is 21.6 Å². The molecule has 0 atom stereocenters. The van der Waals surface area contributed by atoms with Crippen molar-refractivity contribution in [3.8, 4) is 11.4 Å². The first-order valence-corrected chi connectivity index (χ1v) is 5.98. The molecule has 8 heteroatoms. The van der Waals surface area contributed by atoms with Gasteiger partial charge in [-0.3, -0.25) is 10.1 Å². The van der Waals surface area contributed by atoms with Gasteiger partial charge in [-0.25, -0.2) is 15.7 Å². The maximum absolute atomic E-state index is 10.6. The van der Waals surface area contributed by atoms with Crippen LogP contribution in [0.3, 0.4) is 0 Å². The van der Waals surface area contributed by atoms with Gasteiger partial charge < -0.3 is 4.98 Å². The predicted molar refractivity (Wildman–Crippen MR) is 82.3 cm³/mol. The summed E-state index contributed by atoms with van der Waals surface area (Å²) >= 11 is 0. The average Bonchev–Trinajstić information content (AvgIpc) is 2.91. The quantitative estimate of drug-likeness (QED) is 0.385. The van der Waals surface area contributed by atoms with Gasteiger partial charge in [-0.15, -0.1) is 4.99 Å². The maximum atomic E-state index is 10.6. The number of benzene rings is 2. The summed E-state index contributed by atoms with van der Waals surface area (Å²) < 4.78 is 0. The van der Waals surface area contributed by atoms with E-state index < -0.39 is 4.92 Å². The van der Waals surface area contributed by atoms with E-state index in [-0.39, 0.29) is 13.1 Å². The average molecular weight is 302 g/mol. The number of rotatable bonds is 4. The number of nitrogens with zero attached hydrogens (tertiary/aromatic N) is 2. The molecule has 0 saturated carbocycles. The van der Waals surface area contributed by atoms with Crippen molar-refractivity contribution in [3.05, 3.63) is 52.6 Å². The van der Waals surface area contributed by atoms with Gasteiger partial charge in [0.15, 0.2) is 0 Å². The molecule has 1 aromatic heterocycles. The zero-order valence-corrected chi connectivity index (χ0v) is 10.6. The van der Waals surface area contributed by atoms with Gasteiger partial charge in [0.2, 0.25) is 0 Å². The summed E-state index contributed by atoms with van der Waals surface area (Å²) in [5.41, 5.74) is 5.10. The molecule has 1 heterocycles. The minimum absolute atomic E-state index is 0. The van der Waals surface area contributed by atoms with Crippen molar-refractivity contribution in [1.82, 2.24) is 9.97 Å². The highest BCUT2D eigenvalue weighted by Gasteiger charge is 2.09. The van der Waals surface area contributed by atoms with Gasteiger partial charge in [-0.1, -0.05) is 7.43 Å². The number of fused-ring (bicyclic) bond motifs is 1. The second-order valence-electron chi connectivity index (χ2n) is 4.31. The minimum Gasteiger partial charge on any atom is -0.338 e.